The highest BCUT2D eigenvalue weighted by molar-refractivity contribution is 5.86. The van der Waals surface area contributed by atoms with Crippen molar-refractivity contribution in [1.29, 1.82) is 0 Å². The summed E-state index contributed by atoms with van der Waals surface area (Å²) in [7, 11) is 0. The van der Waals surface area contributed by atoms with Crippen LogP contribution in [0, 0.1) is 0 Å². The summed E-state index contributed by atoms with van der Waals surface area (Å²) in [6.07, 6.45) is 0. The Balaban J connectivity index is 2.69. The molecule has 6 nitrogen and oxygen atoms in total. The number of phenols is 1. The monoisotopic (exact) mass is 220 g/mol. The van der Waals surface area contributed by atoms with Gasteiger partial charge in [-0.15, -0.1) is 0 Å². The van der Waals surface area contributed by atoms with Gasteiger partial charge in [0.1, 0.15) is 11.4 Å². The minimum atomic E-state index is -1.25. The Labute approximate surface area is 89.4 Å². The summed E-state index contributed by atoms with van der Waals surface area (Å²) in [5, 5.41) is 20.7. The van der Waals surface area contributed by atoms with Gasteiger partial charge in [-0.25, -0.2) is 9.48 Å². The van der Waals surface area contributed by atoms with Crippen molar-refractivity contribution in [3.05, 3.63) is 46.4 Å². The number of aromatic amines is 1. The van der Waals surface area contributed by atoms with Crippen molar-refractivity contribution < 1.29 is 15.0 Å². The van der Waals surface area contributed by atoms with Crippen LogP contribution in [-0.4, -0.2) is 26.0 Å². The summed E-state index contributed by atoms with van der Waals surface area (Å²) in [6, 6.07) is 7.08. The van der Waals surface area contributed by atoms with E-state index >= 15 is 0 Å². The largest absolute Gasteiger partial charge is 0.506 e. The predicted octanol–water partition coefficient (Wildman–Crippen LogP) is 0.569. The fourth-order valence-electron chi connectivity index (χ4n) is 1.39. The number of phenolic OH excluding ortho intramolecular Hbond substituents is 1. The second-order valence-electron chi connectivity index (χ2n) is 3.13. The van der Waals surface area contributed by atoms with E-state index in [1.54, 1.807) is 12.1 Å². The first-order valence-electron chi connectivity index (χ1n) is 4.43. The normalized spacial score (nSPS) is 10.2. The summed E-state index contributed by atoms with van der Waals surface area (Å²) >= 11 is 0. The quantitative estimate of drug-likeness (QED) is 0.689. The summed E-state index contributed by atoms with van der Waals surface area (Å²) in [5.41, 5.74) is -0.561. The third-order valence-corrected chi connectivity index (χ3v) is 2.07. The Hall–Kier alpha value is -2.50. The van der Waals surface area contributed by atoms with E-state index in [9.17, 15) is 14.7 Å². The number of carboxylic acids is 1. The molecule has 0 atom stereocenters. The maximum atomic E-state index is 11.1. The molecule has 2 rings (SSSR count). The third-order valence-electron chi connectivity index (χ3n) is 2.07. The zero-order valence-corrected chi connectivity index (χ0v) is 8.04. The van der Waals surface area contributed by atoms with Crippen LogP contribution < -0.4 is 5.56 Å². The lowest BCUT2D eigenvalue weighted by molar-refractivity contribution is 0.0687. The molecular formula is C10H8N2O4. The van der Waals surface area contributed by atoms with Crippen LogP contribution in [0.2, 0.25) is 0 Å². The fourth-order valence-corrected chi connectivity index (χ4v) is 1.39. The predicted molar refractivity (Wildman–Crippen MR) is 55.0 cm³/mol. The highest BCUT2D eigenvalue weighted by atomic mass is 16.4. The van der Waals surface area contributed by atoms with Crippen LogP contribution in [0.3, 0.4) is 0 Å². The molecule has 0 aliphatic carbocycles. The number of aromatic nitrogens is 2. The minimum Gasteiger partial charge on any atom is -0.506 e. The average Bonchev–Trinajstić information content (AvgIpc) is 2.61. The number of benzene rings is 1. The SMILES string of the molecule is O=C(O)c1cc(=O)[nH]n1-c1ccccc1O. The van der Waals surface area contributed by atoms with E-state index in [0.717, 1.165) is 10.7 Å². The van der Waals surface area contributed by atoms with Gasteiger partial charge in [0.25, 0.3) is 5.56 Å². The van der Waals surface area contributed by atoms with Gasteiger partial charge in [0.2, 0.25) is 0 Å². The molecule has 1 aromatic carbocycles. The van der Waals surface area contributed by atoms with Crippen molar-refractivity contribution in [1.82, 2.24) is 9.78 Å². The number of rotatable bonds is 2. The molecule has 0 radical (unpaired) electrons. The number of aromatic carboxylic acids is 1. The molecule has 0 bridgehead atoms. The summed E-state index contributed by atoms with van der Waals surface area (Å²) < 4.78 is 1.03. The number of nitrogens with zero attached hydrogens (tertiary/aromatic N) is 1. The molecular weight excluding hydrogens is 212 g/mol. The summed E-state index contributed by atoms with van der Waals surface area (Å²) in [6.45, 7) is 0. The summed E-state index contributed by atoms with van der Waals surface area (Å²) in [4.78, 5) is 21.9. The Bertz CT molecular complexity index is 597. The van der Waals surface area contributed by atoms with Gasteiger partial charge < -0.3 is 10.2 Å². The molecule has 0 amide bonds. The standard InChI is InChI=1S/C10H8N2O4/c13-8-4-2-1-3-6(8)12-7(10(15)16)5-9(14)11-12/h1-5,13H,(H,11,14)(H,15,16). The van der Waals surface area contributed by atoms with E-state index in [0.29, 0.717) is 0 Å². The van der Waals surface area contributed by atoms with E-state index in [2.05, 4.69) is 5.10 Å². The molecule has 1 heterocycles. The van der Waals surface area contributed by atoms with E-state index < -0.39 is 11.5 Å². The van der Waals surface area contributed by atoms with Crippen molar-refractivity contribution in [3.8, 4) is 11.4 Å². The van der Waals surface area contributed by atoms with Crippen molar-refractivity contribution in [2.45, 2.75) is 0 Å². The van der Waals surface area contributed by atoms with Crippen molar-refractivity contribution in [3.63, 3.8) is 0 Å². The van der Waals surface area contributed by atoms with E-state index in [1.807, 2.05) is 0 Å². The molecule has 2 aromatic rings. The molecule has 3 N–H and O–H groups in total. The zero-order chi connectivity index (χ0) is 11.7. The van der Waals surface area contributed by atoms with Crippen LogP contribution in [0.1, 0.15) is 10.5 Å². The van der Waals surface area contributed by atoms with Gasteiger partial charge in [-0.05, 0) is 12.1 Å². The molecule has 0 saturated carbocycles. The van der Waals surface area contributed by atoms with E-state index in [4.69, 9.17) is 5.11 Å². The maximum absolute atomic E-state index is 11.1. The van der Waals surface area contributed by atoms with Crippen LogP contribution in [0.25, 0.3) is 5.69 Å². The Kier molecular flexibility index (Phi) is 2.24. The highest BCUT2D eigenvalue weighted by Crippen LogP contribution is 2.20. The lowest BCUT2D eigenvalue weighted by atomic mass is 10.3. The molecule has 0 saturated heterocycles. The molecule has 6 heteroatoms. The van der Waals surface area contributed by atoms with Crippen LogP contribution in [0.5, 0.6) is 5.75 Å². The molecule has 0 aliphatic heterocycles. The second kappa shape index (κ2) is 3.58. The van der Waals surface area contributed by atoms with Gasteiger partial charge >= 0.3 is 5.97 Å². The molecule has 16 heavy (non-hydrogen) atoms. The minimum absolute atomic E-state index is 0.114. The Morgan fingerprint density at radius 1 is 1.31 bits per heavy atom. The molecule has 0 unspecified atom stereocenters. The topological polar surface area (TPSA) is 95.3 Å². The highest BCUT2D eigenvalue weighted by Gasteiger charge is 2.14. The Morgan fingerprint density at radius 2 is 2.00 bits per heavy atom. The van der Waals surface area contributed by atoms with Gasteiger partial charge in [-0.2, -0.15) is 0 Å². The molecule has 1 aromatic heterocycles. The molecule has 82 valence electrons. The average molecular weight is 220 g/mol. The van der Waals surface area contributed by atoms with Gasteiger partial charge in [-0.3, -0.25) is 9.89 Å². The van der Waals surface area contributed by atoms with Crippen LogP contribution in [-0.2, 0) is 0 Å². The number of carbonyl (C=O) groups is 1. The van der Waals surface area contributed by atoms with Gasteiger partial charge in [0, 0.05) is 6.07 Å². The molecule has 0 fully saturated rings. The smallest absolute Gasteiger partial charge is 0.354 e. The number of nitrogens with one attached hydrogen (secondary N) is 1. The van der Waals surface area contributed by atoms with Gasteiger partial charge in [0.05, 0.1) is 0 Å². The van der Waals surface area contributed by atoms with Crippen LogP contribution in [0.15, 0.2) is 35.1 Å². The van der Waals surface area contributed by atoms with E-state index in [-0.39, 0.29) is 17.1 Å². The lowest BCUT2D eigenvalue weighted by Gasteiger charge is -2.06. The van der Waals surface area contributed by atoms with Crippen LogP contribution in [0.4, 0.5) is 0 Å². The second-order valence-corrected chi connectivity index (χ2v) is 3.13. The van der Waals surface area contributed by atoms with E-state index in [1.165, 1.54) is 12.1 Å². The van der Waals surface area contributed by atoms with Gasteiger partial charge in [0.15, 0.2) is 5.69 Å². The molecule has 0 aliphatic rings. The summed E-state index contributed by atoms with van der Waals surface area (Å²) in [5.74, 6) is -1.36. The number of hydrogen-bond donors (Lipinski definition) is 3. The number of aromatic hydroxyl groups is 1. The van der Waals surface area contributed by atoms with Crippen molar-refractivity contribution >= 4 is 5.97 Å². The first kappa shape index (κ1) is 10.0. The Morgan fingerprint density at radius 3 is 2.62 bits per heavy atom. The zero-order valence-electron chi connectivity index (χ0n) is 8.04. The van der Waals surface area contributed by atoms with Crippen molar-refractivity contribution in [2.24, 2.45) is 0 Å². The number of carboxylic acid groups (broad SMARTS) is 1. The van der Waals surface area contributed by atoms with Crippen LogP contribution >= 0.6 is 0 Å². The first-order valence-corrected chi connectivity index (χ1v) is 4.43. The lowest BCUT2D eigenvalue weighted by Crippen LogP contribution is -2.08. The van der Waals surface area contributed by atoms with Crippen molar-refractivity contribution in [2.75, 3.05) is 0 Å². The fraction of sp³-hybridized carbons (Fsp3) is 0. The first-order chi connectivity index (χ1) is 7.59. The number of hydrogen-bond acceptors (Lipinski definition) is 3. The number of para-hydroxylation sites is 2. The maximum Gasteiger partial charge on any atom is 0.354 e. The third kappa shape index (κ3) is 1.56. The molecule has 0 spiro atoms. The number of H-pyrrole nitrogens is 1. The van der Waals surface area contributed by atoms with Gasteiger partial charge in [-0.1, -0.05) is 12.1 Å².